The predicted octanol–water partition coefficient (Wildman–Crippen LogP) is 3.76. The van der Waals surface area contributed by atoms with Crippen molar-refractivity contribution in [2.45, 2.75) is 6.54 Å². The minimum Gasteiger partial charge on any atom is -0.455 e. The van der Waals surface area contributed by atoms with Crippen LogP contribution in [0.1, 0.15) is 4.88 Å². The predicted molar refractivity (Wildman–Crippen MR) is 67.4 cm³/mol. The van der Waals surface area contributed by atoms with E-state index in [2.05, 4.69) is 0 Å². The van der Waals surface area contributed by atoms with Crippen LogP contribution in [-0.2, 0) is 6.54 Å². The monoisotopic (exact) mass is 247 g/mol. The molecule has 2 N–H and O–H groups in total. The van der Waals surface area contributed by atoms with Crippen molar-refractivity contribution in [2.75, 3.05) is 0 Å². The van der Waals surface area contributed by atoms with Gasteiger partial charge in [-0.3, -0.25) is 0 Å². The molecule has 0 bridgehead atoms. The van der Waals surface area contributed by atoms with Gasteiger partial charge in [0.25, 0.3) is 0 Å². The Hall–Kier alpha value is -1.65. The molecule has 0 radical (unpaired) electrons. The van der Waals surface area contributed by atoms with Crippen molar-refractivity contribution in [1.29, 1.82) is 0 Å². The van der Waals surface area contributed by atoms with E-state index >= 15 is 0 Å². The summed E-state index contributed by atoms with van der Waals surface area (Å²) in [4.78, 5) is 2.12. The van der Waals surface area contributed by atoms with E-state index in [0.29, 0.717) is 12.1 Å². The summed E-state index contributed by atoms with van der Waals surface area (Å²) in [6.07, 6.45) is 0. The molecule has 0 saturated carbocycles. The molecule has 3 rings (SSSR count). The lowest BCUT2D eigenvalue weighted by atomic mass is 10.2. The zero-order valence-corrected chi connectivity index (χ0v) is 9.76. The second-order valence-corrected chi connectivity index (χ2v) is 4.93. The van der Waals surface area contributed by atoms with Gasteiger partial charge in [-0.05, 0) is 36.4 Å². The molecule has 0 atom stereocenters. The average molecular weight is 247 g/mol. The topological polar surface area (TPSA) is 39.2 Å². The molecule has 86 valence electrons. The van der Waals surface area contributed by atoms with E-state index in [9.17, 15) is 4.39 Å². The molecule has 17 heavy (non-hydrogen) atoms. The Bertz CT molecular complexity index is 671. The molecule has 2 aromatic heterocycles. The normalized spacial score (nSPS) is 11.2. The van der Waals surface area contributed by atoms with Gasteiger partial charge in [-0.2, -0.15) is 0 Å². The summed E-state index contributed by atoms with van der Waals surface area (Å²) in [5.74, 6) is 0.508. The Labute approximate surface area is 101 Å². The molecule has 2 heterocycles. The van der Waals surface area contributed by atoms with Crippen molar-refractivity contribution >= 4 is 22.3 Å². The SMILES string of the molecule is NCc1ccc(-c2cc3cc(F)ccc3o2)s1. The van der Waals surface area contributed by atoms with Crippen molar-refractivity contribution in [3.63, 3.8) is 0 Å². The molecule has 0 aliphatic carbocycles. The van der Waals surface area contributed by atoms with Gasteiger partial charge in [0.2, 0.25) is 0 Å². The van der Waals surface area contributed by atoms with Crippen LogP contribution < -0.4 is 5.73 Å². The third-order valence-electron chi connectivity index (χ3n) is 2.58. The van der Waals surface area contributed by atoms with E-state index in [0.717, 1.165) is 20.9 Å². The quantitative estimate of drug-likeness (QED) is 0.748. The molecule has 0 unspecified atom stereocenters. The van der Waals surface area contributed by atoms with Gasteiger partial charge < -0.3 is 10.2 Å². The fraction of sp³-hybridized carbons (Fsp3) is 0.0769. The maximum absolute atomic E-state index is 13.1. The van der Waals surface area contributed by atoms with Gasteiger partial charge in [0.15, 0.2) is 0 Å². The highest BCUT2D eigenvalue weighted by atomic mass is 32.1. The van der Waals surface area contributed by atoms with E-state index in [1.165, 1.54) is 12.1 Å². The maximum Gasteiger partial charge on any atom is 0.145 e. The Balaban J connectivity index is 2.11. The highest BCUT2D eigenvalue weighted by molar-refractivity contribution is 7.15. The largest absolute Gasteiger partial charge is 0.455 e. The number of furan rings is 1. The Morgan fingerprint density at radius 2 is 2.06 bits per heavy atom. The van der Waals surface area contributed by atoms with Gasteiger partial charge in [0, 0.05) is 16.8 Å². The van der Waals surface area contributed by atoms with E-state index in [1.54, 1.807) is 17.4 Å². The van der Waals surface area contributed by atoms with E-state index < -0.39 is 0 Å². The van der Waals surface area contributed by atoms with Crippen LogP contribution in [0.5, 0.6) is 0 Å². The summed E-state index contributed by atoms with van der Waals surface area (Å²) in [6, 6.07) is 10.3. The summed E-state index contributed by atoms with van der Waals surface area (Å²) in [6.45, 7) is 0.527. The zero-order valence-electron chi connectivity index (χ0n) is 8.94. The minimum absolute atomic E-state index is 0.251. The maximum atomic E-state index is 13.1. The number of hydrogen-bond donors (Lipinski definition) is 1. The third-order valence-corrected chi connectivity index (χ3v) is 3.71. The first-order chi connectivity index (χ1) is 8.26. The summed E-state index contributed by atoms with van der Waals surface area (Å²) in [5, 5.41) is 0.780. The first-order valence-corrected chi connectivity index (χ1v) is 6.06. The van der Waals surface area contributed by atoms with Crippen LogP contribution in [0.25, 0.3) is 21.6 Å². The average Bonchev–Trinajstić information content (AvgIpc) is 2.93. The van der Waals surface area contributed by atoms with Gasteiger partial charge in [0.05, 0.1) is 4.88 Å². The number of rotatable bonds is 2. The Kier molecular flexibility index (Phi) is 2.46. The van der Waals surface area contributed by atoms with E-state index in [4.69, 9.17) is 10.2 Å². The Morgan fingerprint density at radius 3 is 2.82 bits per heavy atom. The number of benzene rings is 1. The van der Waals surface area contributed by atoms with Crippen molar-refractivity contribution in [3.05, 3.63) is 47.1 Å². The smallest absolute Gasteiger partial charge is 0.145 e. The molecule has 0 fully saturated rings. The molecule has 0 spiro atoms. The summed E-state index contributed by atoms with van der Waals surface area (Å²) in [7, 11) is 0. The van der Waals surface area contributed by atoms with Crippen molar-refractivity contribution in [3.8, 4) is 10.6 Å². The van der Waals surface area contributed by atoms with Gasteiger partial charge in [-0.25, -0.2) is 4.39 Å². The first kappa shape index (κ1) is 10.5. The van der Waals surface area contributed by atoms with Crippen LogP contribution in [0, 0.1) is 5.82 Å². The fourth-order valence-electron chi connectivity index (χ4n) is 1.76. The van der Waals surface area contributed by atoms with Crippen molar-refractivity contribution in [1.82, 2.24) is 0 Å². The lowest BCUT2D eigenvalue weighted by molar-refractivity contribution is 0.620. The molecular weight excluding hydrogens is 237 g/mol. The Morgan fingerprint density at radius 1 is 1.18 bits per heavy atom. The summed E-state index contributed by atoms with van der Waals surface area (Å²) >= 11 is 1.59. The minimum atomic E-state index is -0.251. The third kappa shape index (κ3) is 1.85. The number of fused-ring (bicyclic) bond motifs is 1. The second-order valence-electron chi connectivity index (χ2n) is 3.76. The molecule has 0 saturated heterocycles. The fourth-order valence-corrected chi connectivity index (χ4v) is 2.59. The highest BCUT2D eigenvalue weighted by Crippen LogP contribution is 2.32. The lowest BCUT2D eigenvalue weighted by Gasteiger charge is -1.89. The first-order valence-electron chi connectivity index (χ1n) is 5.24. The van der Waals surface area contributed by atoms with Gasteiger partial charge in [-0.15, -0.1) is 11.3 Å². The second kappa shape index (κ2) is 3.98. The van der Waals surface area contributed by atoms with Crippen LogP contribution in [0.15, 0.2) is 40.8 Å². The van der Waals surface area contributed by atoms with E-state index in [1.807, 2.05) is 18.2 Å². The molecule has 0 aliphatic rings. The standard InChI is InChI=1S/C13H10FNOS/c14-9-1-3-11-8(5-9)6-12(16-11)13-4-2-10(7-15)17-13/h1-6H,7,15H2. The molecule has 4 heteroatoms. The number of thiophene rings is 1. The van der Waals surface area contributed by atoms with Crippen molar-refractivity contribution < 1.29 is 8.81 Å². The summed E-state index contributed by atoms with van der Waals surface area (Å²) in [5.41, 5.74) is 6.26. The zero-order chi connectivity index (χ0) is 11.8. The molecule has 1 aromatic carbocycles. The van der Waals surface area contributed by atoms with Gasteiger partial charge in [-0.1, -0.05) is 0 Å². The van der Waals surface area contributed by atoms with E-state index in [-0.39, 0.29) is 5.82 Å². The van der Waals surface area contributed by atoms with Crippen LogP contribution in [0.3, 0.4) is 0 Å². The van der Waals surface area contributed by atoms with Crippen LogP contribution in [-0.4, -0.2) is 0 Å². The van der Waals surface area contributed by atoms with Crippen LogP contribution in [0.2, 0.25) is 0 Å². The highest BCUT2D eigenvalue weighted by Gasteiger charge is 2.09. The van der Waals surface area contributed by atoms with Crippen molar-refractivity contribution in [2.24, 2.45) is 5.73 Å². The van der Waals surface area contributed by atoms with Crippen LogP contribution in [0.4, 0.5) is 4.39 Å². The molecule has 3 aromatic rings. The van der Waals surface area contributed by atoms with Crippen LogP contribution >= 0.6 is 11.3 Å². The van der Waals surface area contributed by atoms with Gasteiger partial charge in [0.1, 0.15) is 17.2 Å². The molecular formula is C13H10FNOS. The number of hydrogen-bond acceptors (Lipinski definition) is 3. The van der Waals surface area contributed by atoms with Gasteiger partial charge >= 0.3 is 0 Å². The molecule has 2 nitrogen and oxygen atoms in total. The number of halogens is 1. The summed E-state index contributed by atoms with van der Waals surface area (Å²) < 4.78 is 18.7. The number of nitrogens with two attached hydrogens (primary N) is 1. The molecule has 0 amide bonds. The molecule has 0 aliphatic heterocycles. The lowest BCUT2D eigenvalue weighted by Crippen LogP contribution is -1.90.